The molecule has 3 N–H and O–H groups in total. The Bertz CT molecular complexity index is 489. The Morgan fingerprint density at radius 3 is 2.65 bits per heavy atom. The lowest BCUT2D eigenvalue weighted by Crippen LogP contribution is -2.36. The van der Waals surface area contributed by atoms with E-state index in [1.807, 2.05) is 0 Å². The van der Waals surface area contributed by atoms with E-state index in [9.17, 15) is 8.42 Å². The van der Waals surface area contributed by atoms with Crippen molar-refractivity contribution in [2.75, 3.05) is 6.54 Å². The number of furan rings is 1. The van der Waals surface area contributed by atoms with Gasteiger partial charge in [0.05, 0.1) is 6.54 Å². The van der Waals surface area contributed by atoms with Crippen molar-refractivity contribution < 1.29 is 12.8 Å². The van der Waals surface area contributed by atoms with E-state index in [2.05, 4.69) is 12.2 Å². The standard InChI is InChI=1S/C11H18N2O3S/c1-11(5-2-6-11)8-13-7-9-3-4-10(16-9)17(12,14)15/h3-4,13H,2,5-8H2,1H3,(H2,12,14,15). The number of rotatable bonds is 5. The second-order valence-electron chi connectivity index (χ2n) is 5.03. The molecule has 0 amide bonds. The first-order chi connectivity index (χ1) is 7.89. The van der Waals surface area contributed by atoms with Crippen LogP contribution in [0, 0.1) is 5.41 Å². The Morgan fingerprint density at radius 1 is 1.47 bits per heavy atom. The average Bonchev–Trinajstić information content (AvgIpc) is 2.63. The Hall–Kier alpha value is -0.850. The number of hydrogen-bond donors (Lipinski definition) is 2. The molecule has 17 heavy (non-hydrogen) atoms. The summed E-state index contributed by atoms with van der Waals surface area (Å²) in [5.74, 6) is 0.594. The third kappa shape index (κ3) is 3.08. The van der Waals surface area contributed by atoms with Gasteiger partial charge in [-0.2, -0.15) is 0 Å². The van der Waals surface area contributed by atoms with Crippen LogP contribution in [-0.4, -0.2) is 15.0 Å². The average molecular weight is 258 g/mol. The summed E-state index contributed by atoms with van der Waals surface area (Å²) in [7, 11) is -3.72. The second-order valence-corrected chi connectivity index (χ2v) is 6.53. The van der Waals surface area contributed by atoms with Crippen molar-refractivity contribution in [2.24, 2.45) is 10.6 Å². The third-order valence-electron chi connectivity index (χ3n) is 3.33. The Morgan fingerprint density at radius 2 is 2.18 bits per heavy atom. The van der Waals surface area contributed by atoms with Gasteiger partial charge in [-0.15, -0.1) is 0 Å². The van der Waals surface area contributed by atoms with Gasteiger partial charge in [0, 0.05) is 6.54 Å². The molecular weight excluding hydrogens is 240 g/mol. The lowest BCUT2D eigenvalue weighted by atomic mass is 9.70. The molecule has 1 aromatic rings. The molecule has 0 spiro atoms. The van der Waals surface area contributed by atoms with Gasteiger partial charge in [-0.05, 0) is 30.4 Å². The smallest absolute Gasteiger partial charge is 0.271 e. The van der Waals surface area contributed by atoms with Gasteiger partial charge in [0.15, 0.2) is 0 Å². The van der Waals surface area contributed by atoms with Crippen LogP contribution in [0.15, 0.2) is 21.6 Å². The Balaban J connectivity index is 1.85. The number of nitrogens with one attached hydrogen (secondary N) is 1. The first-order valence-corrected chi connectivity index (χ1v) is 7.26. The first-order valence-electron chi connectivity index (χ1n) is 5.71. The molecule has 1 aliphatic carbocycles. The minimum Gasteiger partial charge on any atom is -0.447 e. The minimum atomic E-state index is -3.72. The summed E-state index contributed by atoms with van der Waals surface area (Å²) in [5.41, 5.74) is 0.398. The molecule has 6 heteroatoms. The van der Waals surface area contributed by atoms with Crippen molar-refractivity contribution in [3.05, 3.63) is 17.9 Å². The van der Waals surface area contributed by atoms with E-state index >= 15 is 0 Å². The van der Waals surface area contributed by atoms with Gasteiger partial charge < -0.3 is 9.73 Å². The van der Waals surface area contributed by atoms with Crippen molar-refractivity contribution >= 4 is 10.0 Å². The highest BCUT2D eigenvalue weighted by molar-refractivity contribution is 7.89. The lowest BCUT2D eigenvalue weighted by molar-refractivity contribution is 0.155. The Labute approximate surface area is 101 Å². The van der Waals surface area contributed by atoms with E-state index in [-0.39, 0.29) is 5.09 Å². The molecule has 1 fully saturated rings. The van der Waals surface area contributed by atoms with Crippen LogP contribution in [0.5, 0.6) is 0 Å². The summed E-state index contributed by atoms with van der Waals surface area (Å²) >= 11 is 0. The third-order valence-corrected chi connectivity index (χ3v) is 4.11. The highest BCUT2D eigenvalue weighted by Crippen LogP contribution is 2.39. The molecule has 0 saturated heterocycles. The van der Waals surface area contributed by atoms with Gasteiger partial charge in [0.2, 0.25) is 5.09 Å². The molecule has 0 unspecified atom stereocenters. The van der Waals surface area contributed by atoms with Crippen molar-refractivity contribution in [2.45, 2.75) is 37.8 Å². The summed E-state index contributed by atoms with van der Waals surface area (Å²) < 4.78 is 27.1. The summed E-state index contributed by atoms with van der Waals surface area (Å²) in [4.78, 5) is 0. The normalized spacial score (nSPS) is 18.9. The minimum absolute atomic E-state index is 0.177. The maximum absolute atomic E-state index is 11.0. The lowest BCUT2D eigenvalue weighted by Gasteiger charge is -2.38. The van der Waals surface area contributed by atoms with E-state index in [0.29, 0.717) is 17.7 Å². The zero-order valence-corrected chi connectivity index (χ0v) is 10.7. The molecule has 1 aliphatic rings. The number of nitrogens with two attached hydrogens (primary N) is 1. The maximum Gasteiger partial charge on any atom is 0.271 e. The fourth-order valence-corrected chi connectivity index (χ4v) is 2.53. The molecule has 96 valence electrons. The van der Waals surface area contributed by atoms with Crippen molar-refractivity contribution in [3.63, 3.8) is 0 Å². The van der Waals surface area contributed by atoms with Crippen molar-refractivity contribution in [3.8, 4) is 0 Å². The van der Waals surface area contributed by atoms with Crippen LogP contribution in [0.3, 0.4) is 0 Å². The molecular formula is C11H18N2O3S. The molecule has 0 aliphatic heterocycles. The summed E-state index contributed by atoms with van der Waals surface area (Å²) in [6.45, 7) is 3.71. The molecule has 0 radical (unpaired) electrons. The molecule has 0 aromatic carbocycles. The van der Waals surface area contributed by atoms with Crippen LogP contribution < -0.4 is 10.5 Å². The van der Waals surface area contributed by atoms with E-state index in [0.717, 1.165) is 6.54 Å². The van der Waals surface area contributed by atoms with Crippen LogP contribution in [0.4, 0.5) is 0 Å². The van der Waals surface area contributed by atoms with Gasteiger partial charge in [0.1, 0.15) is 5.76 Å². The molecule has 1 heterocycles. The van der Waals surface area contributed by atoms with Crippen LogP contribution in [0.2, 0.25) is 0 Å². The van der Waals surface area contributed by atoms with E-state index in [1.54, 1.807) is 6.07 Å². The fourth-order valence-electron chi connectivity index (χ4n) is 2.05. The van der Waals surface area contributed by atoms with Gasteiger partial charge in [-0.1, -0.05) is 13.3 Å². The van der Waals surface area contributed by atoms with Crippen molar-refractivity contribution in [1.82, 2.24) is 5.32 Å². The SMILES string of the molecule is CC1(CNCc2ccc(S(N)(=O)=O)o2)CCC1. The summed E-state index contributed by atoms with van der Waals surface area (Å²) in [6.07, 6.45) is 3.80. The van der Waals surface area contributed by atoms with Gasteiger partial charge in [-0.3, -0.25) is 0 Å². The molecule has 2 rings (SSSR count). The van der Waals surface area contributed by atoms with Gasteiger partial charge in [0.25, 0.3) is 10.0 Å². The summed E-state index contributed by atoms with van der Waals surface area (Å²) in [5, 5.41) is 8.06. The number of sulfonamides is 1. The summed E-state index contributed by atoms with van der Waals surface area (Å²) in [6, 6.07) is 3.02. The molecule has 1 saturated carbocycles. The monoisotopic (exact) mass is 258 g/mol. The second kappa shape index (κ2) is 4.44. The molecule has 5 nitrogen and oxygen atoms in total. The predicted molar refractivity (Wildman–Crippen MR) is 63.7 cm³/mol. The molecule has 0 bridgehead atoms. The highest BCUT2D eigenvalue weighted by Gasteiger charge is 2.30. The maximum atomic E-state index is 11.0. The van der Waals surface area contributed by atoms with E-state index in [4.69, 9.17) is 9.56 Å². The largest absolute Gasteiger partial charge is 0.447 e. The highest BCUT2D eigenvalue weighted by atomic mass is 32.2. The van der Waals surface area contributed by atoms with Crippen LogP contribution in [-0.2, 0) is 16.6 Å². The fraction of sp³-hybridized carbons (Fsp3) is 0.636. The van der Waals surface area contributed by atoms with E-state index in [1.165, 1.54) is 25.3 Å². The van der Waals surface area contributed by atoms with Gasteiger partial charge in [-0.25, -0.2) is 13.6 Å². The van der Waals surface area contributed by atoms with Crippen LogP contribution in [0.25, 0.3) is 0 Å². The molecule has 0 atom stereocenters. The number of primary sulfonamides is 1. The first kappa shape index (κ1) is 12.6. The van der Waals surface area contributed by atoms with Crippen LogP contribution >= 0.6 is 0 Å². The Kier molecular flexibility index (Phi) is 3.29. The zero-order valence-electron chi connectivity index (χ0n) is 9.90. The van der Waals surface area contributed by atoms with Crippen LogP contribution in [0.1, 0.15) is 31.9 Å². The topological polar surface area (TPSA) is 85.3 Å². The predicted octanol–water partition coefficient (Wildman–Crippen LogP) is 1.21. The zero-order chi connectivity index (χ0) is 12.5. The number of hydrogen-bond acceptors (Lipinski definition) is 4. The van der Waals surface area contributed by atoms with Crippen molar-refractivity contribution in [1.29, 1.82) is 0 Å². The van der Waals surface area contributed by atoms with Gasteiger partial charge >= 0.3 is 0 Å². The van der Waals surface area contributed by atoms with E-state index < -0.39 is 10.0 Å². The quantitative estimate of drug-likeness (QED) is 0.831. The molecule has 1 aromatic heterocycles.